The molecule has 160 valence electrons. The predicted molar refractivity (Wildman–Crippen MR) is 105 cm³/mol. The number of halogens is 4. The summed E-state index contributed by atoms with van der Waals surface area (Å²) < 4.78 is 52.2. The van der Waals surface area contributed by atoms with E-state index in [1.807, 2.05) is 0 Å². The van der Waals surface area contributed by atoms with Gasteiger partial charge in [-0.1, -0.05) is 11.8 Å². The normalized spacial score (nSPS) is 15.2. The third kappa shape index (κ3) is 5.10. The van der Waals surface area contributed by atoms with Crippen LogP contribution in [0.5, 0.6) is 0 Å². The highest BCUT2D eigenvalue weighted by atomic mass is 32.2. The van der Waals surface area contributed by atoms with Crippen molar-refractivity contribution in [3.63, 3.8) is 0 Å². The van der Waals surface area contributed by atoms with Crippen molar-refractivity contribution in [1.82, 2.24) is 9.88 Å². The molecule has 3 rings (SSSR count). The van der Waals surface area contributed by atoms with Gasteiger partial charge in [0.1, 0.15) is 10.8 Å². The number of pyridine rings is 1. The number of thioether (sulfide) groups is 1. The summed E-state index contributed by atoms with van der Waals surface area (Å²) in [6, 6.07) is 5.21. The number of rotatable bonds is 5. The Morgan fingerprint density at radius 1 is 1.20 bits per heavy atom. The van der Waals surface area contributed by atoms with Crippen molar-refractivity contribution >= 4 is 29.3 Å². The van der Waals surface area contributed by atoms with Crippen molar-refractivity contribution in [1.29, 1.82) is 0 Å². The average Bonchev–Trinajstić information content (AvgIpc) is 3.23. The molecular formula is C20H19F4N3O2S. The molecule has 1 unspecified atom stereocenters. The number of likely N-dealkylation sites (tertiary alicyclic amines) is 1. The van der Waals surface area contributed by atoms with Crippen LogP contribution in [0.15, 0.2) is 41.6 Å². The summed E-state index contributed by atoms with van der Waals surface area (Å²) in [4.78, 5) is 31.1. The predicted octanol–water partition coefficient (Wildman–Crippen LogP) is 4.59. The fraction of sp³-hybridized carbons (Fsp3) is 0.350. The van der Waals surface area contributed by atoms with Gasteiger partial charge in [0.25, 0.3) is 5.91 Å². The Kier molecular flexibility index (Phi) is 6.64. The molecule has 1 saturated heterocycles. The number of aromatic nitrogens is 1. The maximum atomic E-state index is 13.5. The van der Waals surface area contributed by atoms with Crippen molar-refractivity contribution in [3.05, 3.63) is 53.5 Å². The zero-order chi connectivity index (χ0) is 21.9. The van der Waals surface area contributed by atoms with Crippen LogP contribution in [0.3, 0.4) is 0 Å². The van der Waals surface area contributed by atoms with Crippen molar-refractivity contribution in [3.8, 4) is 0 Å². The van der Waals surface area contributed by atoms with E-state index in [4.69, 9.17) is 0 Å². The fourth-order valence-electron chi connectivity index (χ4n) is 3.09. The van der Waals surface area contributed by atoms with Crippen LogP contribution in [0, 0.1) is 5.82 Å². The van der Waals surface area contributed by atoms with Crippen LogP contribution in [-0.2, 0) is 11.0 Å². The number of alkyl halides is 3. The maximum Gasteiger partial charge on any atom is 0.419 e. The van der Waals surface area contributed by atoms with Gasteiger partial charge in [-0.2, -0.15) is 13.2 Å². The van der Waals surface area contributed by atoms with Gasteiger partial charge in [-0.3, -0.25) is 9.59 Å². The molecule has 30 heavy (non-hydrogen) atoms. The van der Waals surface area contributed by atoms with Crippen molar-refractivity contribution in [2.45, 2.75) is 36.2 Å². The van der Waals surface area contributed by atoms with Gasteiger partial charge in [-0.15, -0.1) is 0 Å². The van der Waals surface area contributed by atoms with Crippen LogP contribution < -0.4 is 5.32 Å². The highest BCUT2D eigenvalue weighted by molar-refractivity contribution is 8.00. The molecule has 2 heterocycles. The topological polar surface area (TPSA) is 62.3 Å². The van der Waals surface area contributed by atoms with E-state index in [2.05, 4.69) is 10.3 Å². The van der Waals surface area contributed by atoms with Crippen LogP contribution in [0.1, 0.15) is 35.7 Å². The van der Waals surface area contributed by atoms with E-state index in [1.165, 1.54) is 18.3 Å². The number of hydrogen-bond donors (Lipinski definition) is 1. The molecule has 0 saturated carbocycles. The molecule has 0 radical (unpaired) electrons. The molecule has 1 atom stereocenters. The first-order valence-electron chi connectivity index (χ1n) is 9.25. The summed E-state index contributed by atoms with van der Waals surface area (Å²) in [5.74, 6) is -2.18. The summed E-state index contributed by atoms with van der Waals surface area (Å²) >= 11 is 1.11. The summed E-state index contributed by atoms with van der Waals surface area (Å²) in [5.41, 5.74) is -1.55. The van der Waals surface area contributed by atoms with Gasteiger partial charge in [0.15, 0.2) is 0 Å². The lowest BCUT2D eigenvalue weighted by Gasteiger charge is -2.20. The first kappa shape index (κ1) is 22.1. The zero-order valence-electron chi connectivity index (χ0n) is 16.0. The summed E-state index contributed by atoms with van der Waals surface area (Å²) in [6.07, 6.45) is -1.51. The van der Waals surface area contributed by atoms with E-state index in [0.29, 0.717) is 25.2 Å². The SMILES string of the molecule is CC(Sc1ncccc1C(=O)Nc1ccc(F)c(C(F)(F)F)c1)C(=O)N1CCCC1. The van der Waals surface area contributed by atoms with Gasteiger partial charge in [-0.05, 0) is 50.1 Å². The standard InChI is InChI=1S/C20H19F4N3O2S/c1-12(19(29)27-9-2-3-10-27)30-18-14(5-4-8-25-18)17(28)26-13-6-7-16(21)15(11-13)20(22,23)24/h4-8,11-12H,2-3,9-10H2,1H3,(H,26,28). The lowest BCUT2D eigenvalue weighted by Crippen LogP contribution is -2.34. The Balaban J connectivity index is 1.77. The van der Waals surface area contributed by atoms with E-state index in [1.54, 1.807) is 11.8 Å². The smallest absolute Gasteiger partial charge is 0.342 e. The number of amides is 2. The monoisotopic (exact) mass is 441 g/mol. The fourth-order valence-corrected chi connectivity index (χ4v) is 4.08. The minimum atomic E-state index is -4.88. The minimum absolute atomic E-state index is 0.0529. The minimum Gasteiger partial charge on any atom is -0.342 e. The molecule has 1 aromatic carbocycles. The van der Waals surface area contributed by atoms with Crippen LogP contribution in [0.4, 0.5) is 23.2 Å². The average molecular weight is 441 g/mol. The van der Waals surface area contributed by atoms with Gasteiger partial charge in [-0.25, -0.2) is 9.37 Å². The number of carbonyl (C=O) groups is 2. The van der Waals surface area contributed by atoms with Crippen LogP contribution in [-0.4, -0.2) is 40.0 Å². The van der Waals surface area contributed by atoms with Gasteiger partial charge < -0.3 is 10.2 Å². The molecule has 1 fully saturated rings. The number of anilines is 1. The van der Waals surface area contributed by atoms with Gasteiger partial charge in [0, 0.05) is 25.0 Å². The molecule has 5 nitrogen and oxygen atoms in total. The molecule has 1 N–H and O–H groups in total. The second-order valence-corrected chi connectivity index (χ2v) is 8.12. The van der Waals surface area contributed by atoms with Crippen LogP contribution in [0.25, 0.3) is 0 Å². The van der Waals surface area contributed by atoms with E-state index < -0.39 is 28.7 Å². The van der Waals surface area contributed by atoms with Crippen LogP contribution >= 0.6 is 11.8 Å². The first-order chi connectivity index (χ1) is 14.2. The molecule has 1 aliphatic heterocycles. The zero-order valence-corrected chi connectivity index (χ0v) is 16.8. The number of benzene rings is 1. The highest BCUT2D eigenvalue weighted by Crippen LogP contribution is 2.33. The van der Waals surface area contributed by atoms with E-state index >= 15 is 0 Å². The Bertz CT molecular complexity index is 946. The lowest BCUT2D eigenvalue weighted by atomic mass is 10.1. The van der Waals surface area contributed by atoms with Crippen molar-refractivity contribution in [2.75, 3.05) is 18.4 Å². The third-order valence-electron chi connectivity index (χ3n) is 4.60. The largest absolute Gasteiger partial charge is 0.419 e. The maximum absolute atomic E-state index is 13.5. The molecule has 2 amide bonds. The van der Waals surface area contributed by atoms with E-state index in [-0.39, 0.29) is 22.2 Å². The molecule has 1 aromatic heterocycles. The molecule has 2 aromatic rings. The second-order valence-electron chi connectivity index (χ2n) is 6.80. The summed E-state index contributed by atoms with van der Waals surface area (Å²) in [6.45, 7) is 3.12. The Hall–Kier alpha value is -2.62. The molecule has 10 heteroatoms. The lowest BCUT2D eigenvalue weighted by molar-refractivity contribution is -0.140. The number of nitrogens with zero attached hydrogens (tertiary/aromatic N) is 2. The first-order valence-corrected chi connectivity index (χ1v) is 10.1. The van der Waals surface area contributed by atoms with Crippen LogP contribution in [0.2, 0.25) is 0 Å². The van der Waals surface area contributed by atoms with E-state index in [0.717, 1.165) is 30.7 Å². The molecule has 0 aliphatic carbocycles. The molecule has 0 spiro atoms. The summed E-state index contributed by atoms with van der Waals surface area (Å²) in [7, 11) is 0. The highest BCUT2D eigenvalue weighted by Gasteiger charge is 2.34. The van der Waals surface area contributed by atoms with Crippen molar-refractivity contribution < 1.29 is 27.2 Å². The molecule has 1 aliphatic rings. The van der Waals surface area contributed by atoms with E-state index in [9.17, 15) is 27.2 Å². The number of nitrogens with one attached hydrogen (secondary N) is 1. The molecular weight excluding hydrogens is 422 g/mol. The van der Waals surface area contributed by atoms with Crippen molar-refractivity contribution in [2.24, 2.45) is 0 Å². The Labute approximate surface area is 174 Å². The third-order valence-corrected chi connectivity index (χ3v) is 5.70. The van der Waals surface area contributed by atoms with Gasteiger partial charge in [0.05, 0.1) is 16.4 Å². The number of carbonyl (C=O) groups excluding carboxylic acids is 2. The Morgan fingerprint density at radius 3 is 2.57 bits per heavy atom. The summed E-state index contributed by atoms with van der Waals surface area (Å²) in [5, 5.41) is 2.15. The Morgan fingerprint density at radius 2 is 1.90 bits per heavy atom. The van der Waals surface area contributed by atoms with Gasteiger partial charge in [0.2, 0.25) is 5.91 Å². The van der Waals surface area contributed by atoms with Gasteiger partial charge >= 0.3 is 6.18 Å². The number of hydrogen-bond acceptors (Lipinski definition) is 4. The quantitative estimate of drug-likeness (QED) is 0.545. The second kappa shape index (κ2) is 9.03. The molecule has 0 bridgehead atoms.